The first-order chi connectivity index (χ1) is 14.7. The summed E-state index contributed by atoms with van der Waals surface area (Å²) in [7, 11) is 0. The van der Waals surface area contributed by atoms with E-state index >= 15 is 0 Å². The molecule has 0 aliphatic rings. The number of para-hydroxylation sites is 1. The minimum atomic E-state index is -0.103. The van der Waals surface area contributed by atoms with E-state index in [0.717, 1.165) is 22.6 Å². The second-order valence-electron chi connectivity index (χ2n) is 6.98. The lowest BCUT2D eigenvalue weighted by molar-refractivity contribution is -0.116. The number of benzene rings is 3. The van der Waals surface area contributed by atoms with Crippen LogP contribution >= 0.6 is 0 Å². The Morgan fingerprint density at radius 2 is 1.50 bits per heavy atom. The normalized spacial score (nSPS) is 10.6. The zero-order valence-electron chi connectivity index (χ0n) is 16.6. The van der Waals surface area contributed by atoms with E-state index in [1.54, 1.807) is 0 Å². The number of aryl methyl sites for hydroxylation is 2. The largest absolute Gasteiger partial charge is 0.421 e. The number of amides is 1. The minimum absolute atomic E-state index is 0.103. The van der Waals surface area contributed by atoms with Gasteiger partial charge in [0.1, 0.15) is 0 Å². The van der Waals surface area contributed by atoms with Crippen LogP contribution in [0.25, 0.3) is 11.5 Å². The Morgan fingerprint density at radius 1 is 0.833 bits per heavy atom. The number of hydrogen-bond acceptors (Lipinski definition) is 5. The van der Waals surface area contributed by atoms with Crippen molar-refractivity contribution in [3.63, 3.8) is 0 Å². The van der Waals surface area contributed by atoms with E-state index in [-0.39, 0.29) is 12.3 Å². The van der Waals surface area contributed by atoms with Crippen molar-refractivity contribution in [2.45, 2.75) is 19.8 Å². The molecule has 1 amide bonds. The highest BCUT2D eigenvalue weighted by Gasteiger charge is 2.11. The van der Waals surface area contributed by atoms with Crippen molar-refractivity contribution < 1.29 is 9.21 Å². The molecule has 6 heteroatoms. The Morgan fingerprint density at radius 3 is 2.23 bits per heavy atom. The van der Waals surface area contributed by atoms with E-state index in [1.807, 2.05) is 85.8 Å². The number of anilines is 3. The summed E-state index contributed by atoms with van der Waals surface area (Å²) >= 11 is 0. The van der Waals surface area contributed by atoms with Crippen LogP contribution in [-0.2, 0) is 11.2 Å². The average Bonchev–Trinajstić information content (AvgIpc) is 3.24. The van der Waals surface area contributed by atoms with Gasteiger partial charge in [0, 0.05) is 35.5 Å². The predicted molar refractivity (Wildman–Crippen MR) is 118 cm³/mol. The highest BCUT2D eigenvalue weighted by atomic mass is 16.4. The number of hydrogen-bond donors (Lipinski definition) is 2. The monoisotopic (exact) mass is 398 g/mol. The van der Waals surface area contributed by atoms with Gasteiger partial charge in [0.2, 0.25) is 17.7 Å². The van der Waals surface area contributed by atoms with Gasteiger partial charge < -0.3 is 15.1 Å². The van der Waals surface area contributed by atoms with E-state index in [1.165, 1.54) is 5.56 Å². The molecule has 1 heterocycles. The van der Waals surface area contributed by atoms with Crippen LogP contribution in [0.2, 0.25) is 0 Å². The topological polar surface area (TPSA) is 80.0 Å². The van der Waals surface area contributed by atoms with Gasteiger partial charge in [-0.3, -0.25) is 4.79 Å². The van der Waals surface area contributed by atoms with Crippen molar-refractivity contribution in [3.8, 4) is 11.5 Å². The Bertz CT molecular complexity index is 1100. The molecule has 2 N–H and O–H groups in total. The molecule has 0 bridgehead atoms. The smallest absolute Gasteiger partial charge is 0.247 e. The van der Waals surface area contributed by atoms with E-state index in [9.17, 15) is 4.79 Å². The fourth-order valence-corrected chi connectivity index (χ4v) is 2.94. The summed E-state index contributed by atoms with van der Waals surface area (Å²) in [6.07, 6.45) is 0.651. The minimum Gasteiger partial charge on any atom is -0.421 e. The number of rotatable bonds is 7. The maximum absolute atomic E-state index is 12.3. The molecule has 4 aromatic rings. The summed E-state index contributed by atoms with van der Waals surface area (Å²) in [5.74, 6) is 0.809. The van der Waals surface area contributed by atoms with E-state index in [4.69, 9.17) is 4.42 Å². The molecular weight excluding hydrogens is 376 g/mol. The van der Waals surface area contributed by atoms with Crippen LogP contribution in [0.3, 0.4) is 0 Å². The second-order valence-corrected chi connectivity index (χ2v) is 6.98. The Balaban J connectivity index is 1.28. The molecule has 0 spiro atoms. The number of nitrogens with zero attached hydrogens (tertiary/aromatic N) is 2. The van der Waals surface area contributed by atoms with Gasteiger partial charge in [0.05, 0.1) is 0 Å². The molecule has 3 aromatic carbocycles. The molecule has 0 saturated carbocycles. The zero-order valence-corrected chi connectivity index (χ0v) is 16.6. The lowest BCUT2D eigenvalue weighted by atomic mass is 10.1. The molecule has 0 aliphatic carbocycles. The van der Waals surface area contributed by atoms with Crippen molar-refractivity contribution in [1.82, 2.24) is 10.2 Å². The summed E-state index contributed by atoms with van der Waals surface area (Å²) in [5.41, 5.74) is 4.74. The quantitative estimate of drug-likeness (QED) is 0.438. The Kier molecular flexibility index (Phi) is 5.85. The van der Waals surface area contributed by atoms with Gasteiger partial charge in [-0.25, -0.2) is 0 Å². The van der Waals surface area contributed by atoms with Gasteiger partial charge in [-0.15, -0.1) is 10.2 Å². The summed E-state index contributed by atoms with van der Waals surface area (Å²) in [6, 6.07) is 25.4. The second kappa shape index (κ2) is 9.05. The van der Waals surface area contributed by atoms with Gasteiger partial charge >= 0.3 is 0 Å². The van der Waals surface area contributed by atoms with Crippen LogP contribution in [0.1, 0.15) is 17.9 Å². The summed E-state index contributed by atoms with van der Waals surface area (Å²) in [5, 5.41) is 14.3. The highest BCUT2D eigenvalue weighted by molar-refractivity contribution is 5.91. The maximum Gasteiger partial charge on any atom is 0.247 e. The van der Waals surface area contributed by atoms with Crippen LogP contribution in [0.5, 0.6) is 0 Å². The van der Waals surface area contributed by atoms with Crippen molar-refractivity contribution in [3.05, 3.63) is 90.3 Å². The number of aromatic nitrogens is 2. The van der Waals surface area contributed by atoms with Gasteiger partial charge in [0.25, 0.3) is 0 Å². The third-order valence-electron chi connectivity index (χ3n) is 4.56. The molecular formula is C24H22N4O2. The average molecular weight is 398 g/mol. The first-order valence-corrected chi connectivity index (χ1v) is 9.77. The van der Waals surface area contributed by atoms with Crippen LogP contribution in [0, 0.1) is 6.92 Å². The molecule has 0 unspecified atom stereocenters. The molecule has 1 aromatic heterocycles. The molecule has 0 saturated heterocycles. The highest BCUT2D eigenvalue weighted by Crippen LogP contribution is 2.20. The molecule has 4 rings (SSSR count). The standard InChI is InChI=1S/C24H22N4O2/c1-17-7-9-18(10-8-17)24-28-27-23(30-24)16-15-22(29)26-21-13-11-20(12-14-21)25-19-5-3-2-4-6-19/h2-14,25H,15-16H2,1H3,(H,26,29). The van der Waals surface area contributed by atoms with Crippen LogP contribution < -0.4 is 10.6 Å². The van der Waals surface area contributed by atoms with Gasteiger partial charge in [-0.05, 0) is 55.5 Å². The molecule has 0 radical (unpaired) electrons. The first kappa shape index (κ1) is 19.4. The van der Waals surface area contributed by atoms with Crippen LogP contribution in [0.4, 0.5) is 17.1 Å². The summed E-state index contributed by atoms with van der Waals surface area (Å²) in [4.78, 5) is 12.3. The van der Waals surface area contributed by atoms with Crippen LogP contribution in [0.15, 0.2) is 83.3 Å². The third-order valence-corrected chi connectivity index (χ3v) is 4.56. The van der Waals surface area contributed by atoms with E-state index in [0.29, 0.717) is 18.2 Å². The van der Waals surface area contributed by atoms with Crippen molar-refractivity contribution in [2.24, 2.45) is 0 Å². The number of nitrogens with one attached hydrogen (secondary N) is 2. The third kappa shape index (κ3) is 5.11. The first-order valence-electron chi connectivity index (χ1n) is 9.77. The predicted octanol–water partition coefficient (Wildman–Crippen LogP) is 5.36. The molecule has 30 heavy (non-hydrogen) atoms. The van der Waals surface area contributed by atoms with E-state index in [2.05, 4.69) is 20.8 Å². The number of carbonyl (C=O) groups excluding carboxylic acids is 1. The fraction of sp³-hybridized carbons (Fsp3) is 0.125. The lowest BCUT2D eigenvalue weighted by Crippen LogP contribution is -2.12. The maximum atomic E-state index is 12.3. The van der Waals surface area contributed by atoms with Crippen molar-refractivity contribution in [2.75, 3.05) is 10.6 Å². The molecule has 6 nitrogen and oxygen atoms in total. The van der Waals surface area contributed by atoms with Gasteiger partial charge in [0.15, 0.2) is 0 Å². The summed E-state index contributed by atoms with van der Waals surface area (Å²) < 4.78 is 5.67. The molecule has 0 fully saturated rings. The van der Waals surface area contributed by atoms with Crippen LogP contribution in [-0.4, -0.2) is 16.1 Å². The zero-order chi connectivity index (χ0) is 20.8. The van der Waals surface area contributed by atoms with Gasteiger partial charge in [-0.1, -0.05) is 35.9 Å². The molecule has 0 aliphatic heterocycles. The Labute approximate surface area is 175 Å². The summed E-state index contributed by atoms with van der Waals surface area (Å²) in [6.45, 7) is 2.02. The van der Waals surface area contributed by atoms with Crippen molar-refractivity contribution >= 4 is 23.0 Å². The number of carbonyl (C=O) groups is 1. The fourth-order valence-electron chi connectivity index (χ4n) is 2.94. The lowest BCUT2D eigenvalue weighted by Gasteiger charge is -2.08. The Hall–Kier alpha value is -3.93. The SMILES string of the molecule is Cc1ccc(-c2nnc(CCC(=O)Nc3ccc(Nc4ccccc4)cc3)o2)cc1. The van der Waals surface area contributed by atoms with E-state index < -0.39 is 0 Å². The molecule has 150 valence electrons. The van der Waals surface area contributed by atoms with Crippen molar-refractivity contribution in [1.29, 1.82) is 0 Å². The van der Waals surface area contributed by atoms with Gasteiger partial charge in [-0.2, -0.15) is 0 Å². The molecule has 0 atom stereocenters.